The molecule has 3 rings (SSSR count). The number of rotatable bonds is 3. The van der Waals surface area contributed by atoms with Gasteiger partial charge in [0, 0.05) is 11.1 Å². The predicted octanol–water partition coefficient (Wildman–Crippen LogP) is 2.82. The standard InChI is InChI=1S/C18H15NO4/c1-11-15-8-5-13(10-17(15)23-19-18(11)22)16(21)9-4-12-2-6-14(20)7-3-12/h2-11,20H,1H3,(H,19,22). The summed E-state index contributed by atoms with van der Waals surface area (Å²) >= 11 is 0. The van der Waals surface area contributed by atoms with Gasteiger partial charge in [-0.05, 0) is 36.8 Å². The molecule has 1 unspecified atom stereocenters. The summed E-state index contributed by atoms with van der Waals surface area (Å²) in [5.74, 6) is -0.0225. The Hall–Kier alpha value is -3.08. The van der Waals surface area contributed by atoms with E-state index in [0.717, 1.165) is 11.1 Å². The number of hydrogen-bond acceptors (Lipinski definition) is 4. The minimum absolute atomic E-state index is 0.172. The second-order valence-corrected chi connectivity index (χ2v) is 5.33. The maximum atomic E-state index is 12.2. The molecule has 1 amide bonds. The van der Waals surface area contributed by atoms with E-state index < -0.39 is 0 Å². The van der Waals surface area contributed by atoms with Crippen LogP contribution in [-0.2, 0) is 4.79 Å². The molecule has 0 saturated carbocycles. The first kappa shape index (κ1) is 14.8. The Labute approximate surface area is 133 Å². The van der Waals surface area contributed by atoms with E-state index in [4.69, 9.17) is 4.84 Å². The summed E-state index contributed by atoms with van der Waals surface area (Å²) in [6.45, 7) is 1.78. The SMILES string of the molecule is CC1C(=O)NOc2cc(C(=O)C=Cc3ccc(O)cc3)ccc21. The lowest BCUT2D eigenvalue weighted by molar-refractivity contribution is -0.130. The summed E-state index contributed by atoms with van der Waals surface area (Å²) in [7, 11) is 0. The van der Waals surface area contributed by atoms with Crippen LogP contribution >= 0.6 is 0 Å². The molecule has 116 valence electrons. The number of nitrogens with one attached hydrogen (secondary N) is 1. The first-order valence-corrected chi connectivity index (χ1v) is 7.16. The molecular formula is C18H15NO4. The lowest BCUT2D eigenvalue weighted by Crippen LogP contribution is -2.35. The number of aromatic hydroxyl groups is 1. The average molecular weight is 309 g/mol. The molecule has 1 aliphatic heterocycles. The largest absolute Gasteiger partial charge is 0.508 e. The van der Waals surface area contributed by atoms with E-state index in [1.165, 1.54) is 6.08 Å². The third-order valence-corrected chi connectivity index (χ3v) is 3.74. The van der Waals surface area contributed by atoms with Gasteiger partial charge in [-0.15, -0.1) is 0 Å². The second kappa shape index (κ2) is 5.96. The molecule has 0 saturated heterocycles. The number of hydrogen-bond donors (Lipinski definition) is 2. The zero-order valence-corrected chi connectivity index (χ0v) is 12.4. The normalized spacial score (nSPS) is 16.6. The third-order valence-electron chi connectivity index (χ3n) is 3.74. The van der Waals surface area contributed by atoms with Gasteiger partial charge in [0.25, 0.3) is 5.91 Å². The van der Waals surface area contributed by atoms with Gasteiger partial charge in [0.2, 0.25) is 0 Å². The van der Waals surface area contributed by atoms with Crippen LogP contribution in [0.3, 0.4) is 0 Å². The zero-order valence-electron chi connectivity index (χ0n) is 12.4. The average Bonchev–Trinajstić information content (AvgIpc) is 2.57. The molecule has 0 bridgehead atoms. The minimum atomic E-state index is -0.310. The van der Waals surface area contributed by atoms with Crippen LogP contribution in [0.1, 0.15) is 34.3 Å². The zero-order chi connectivity index (χ0) is 16.4. The molecular weight excluding hydrogens is 294 g/mol. The van der Waals surface area contributed by atoms with Crippen molar-refractivity contribution in [3.05, 3.63) is 65.2 Å². The highest BCUT2D eigenvalue weighted by Crippen LogP contribution is 2.30. The molecule has 0 aromatic heterocycles. The number of carbonyl (C=O) groups is 2. The molecule has 1 heterocycles. The van der Waals surface area contributed by atoms with E-state index >= 15 is 0 Å². The summed E-state index contributed by atoms with van der Waals surface area (Å²) in [6.07, 6.45) is 3.13. The first-order valence-electron chi connectivity index (χ1n) is 7.16. The molecule has 1 atom stereocenters. The molecule has 5 heteroatoms. The van der Waals surface area contributed by atoms with E-state index in [9.17, 15) is 14.7 Å². The lowest BCUT2D eigenvalue weighted by Gasteiger charge is -2.22. The molecule has 5 nitrogen and oxygen atoms in total. The summed E-state index contributed by atoms with van der Waals surface area (Å²) in [6, 6.07) is 11.6. The van der Waals surface area contributed by atoms with Crippen molar-refractivity contribution in [3.63, 3.8) is 0 Å². The summed E-state index contributed by atoms with van der Waals surface area (Å²) < 4.78 is 0. The Balaban J connectivity index is 1.80. The Morgan fingerprint density at radius 2 is 1.96 bits per heavy atom. The van der Waals surface area contributed by atoms with Crippen molar-refractivity contribution in [2.45, 2.75) is 12.8 Å². The minimum Gasteiger partial charge on any atom is -0.508 e. The highest BCUT2D eigenvalue weighted by atomic mass is 16.7. The number of fused-ring (bicyclic) bond motifs is 1. The van der Waals surface area contributed by atoms with Crippen molar-refractivity contribution in [1.29, 1.82) is 0 Å². The van der Waals surface area contributed by atoms with Gasteiger partial charge in [0.15, 0.2) is 11.5 Å². The molecule has 0 spiro atoms. The van der Waals surface area contributed by atoms with Gasteiger partial charge in [-0.2, -0.15) is 5.48 Å². The number of phenolic OH excluding ortho intramolecular Hbond substituents is 1. The molecule has 2 N–H and O–H groups in total. The van der Waals surface area contributed by atoms with Crippen molar-refractivity contribution in [1.82, 2.24) is 5.48 Å². The van der Waals surface area contributed by atoms with E-state index in [0.29, 0.717) is 11.3 Å². The molecule has 1 aliphatic rings. The fourth-order valence-electron chi connectivity index (χ4n) is 2.32. The van der Waals surface area contributed by atoms with Crippen LogP contribution < -0.4 is 10.3 Å². The van der Waals surface area contributed by atoms with Crippen LogP contribution in [0.2, 0.25) is 0 Å². The summed E-state index contributed by atoms with van der Waals surface area (Å²) in [5.41, 5.74) is 4.37. The van der Waals surface area contributed by atoms with Crippen molar-refractivity contribution >= 4 is 17.8 Å². The molecule has 23 heavy (non-hydrogen) atoms. The number of amides is 1. The van der Waals surface area contributed by atoms with Gasteiger partial charge >= 0.3 is 0 Å². The van der Waals surface area contributed by atoms with Crippen molar-refractivity contribution < 1.29 is 19.5 Å². The van der Waals surface area contributed by atoms with Crippen molar-refractivity contribution in [2.24, 2.45) is 0 Å². The lowest BCUT2D eigenvalue weighted by atomic mass is 9.96. The number of benzene rings is 2. The maximum absolute atomic E-state index is 12.2. The fraction of sp³-hybridized carbons (Fsp3) is 0.111. The first-order chi connectivity index (χ1) is 11.0. The monoisotopic (exact) mass is 309 g/mol. The number of carbonyl (C=O) groups excluding carboxylic acids is 2. The van der Waals surface area contributed by atoms with Gasteiger partial charge in [0.1, 0.15) is 5.75 Å². The maximum Gasteiger partial charge on any atom is 0.259 e. The number of ketones is 1. The smallest absolute Gasteiger partial charge is 0.259 e. The Morgan fingerprint density at radius 1 is 1.22 bits per heavy atom. The Kier molecular flexibility index (Phi) is 3.85. The van der Waals surface area contributed by atoms with Crippen LogP contribution in [0.4, 0.5) is 0 Å². The quantitative estimate of drug-likeness (QED) is 0.675. The molecule has 0 radical (unpaired) electrons. The predicted molar refractivity (Wildman–Crippen MR) is 85.1 cm³/mol. The van der Waals surface area contributed by atoms with Crippen LogP contribution in [-0.4, -0.2) is 16.8 Å². The molecule has 0 aliphatic carbocycles. The number of phenols is 1. The fourth-order valence-corrected chi connectivity index (χ4v) is 2.32. The van der Waals surface area contributed by atoms with Crippen LogP contribution in [0.5, 0.6) is 11.5 Å². The topological polar surface area (TPSA) is 75.6 Å². The summed E-state index contributed by atoms with van der Waals surface area (Å²) in [4.78, 5) is 28.9. The third kappa shape index (κ3) is 3.08. The second-order valence-electron chi connectivity index (χ2n) is 5.33. The van der Waals surface area contributed by atoms with Crippen LogP contribution in [0, 0.1) is 0 Å². The number of hydroxylamine groups is 1. The molecule has 0 fully saturated rings. The van der Waals surface area contributed by atoms with Crippen molar-refractivity contribution in [2.75, 3.05) is 0 Å². The molecule has 2 aromatic rings. The van der Waals surface area contributed by atoms with E-state index in [1.807, 2.05) is 0 Å². The van der Waals surface area contributed by atoms with E-state index in [1.54, 1.807) is 55.5 Å². The van der Waals surface area contributed by atoms with E-state index in [-0.39, 0.29) is 23.4 Å². The summed E-state index contributed by atoms with van der Waals surface area (Å²) in [5, 5.41) is 9.23. The van der Waals surface area contributed by atoms with Crippen molar-refractivity contribution in [3.8, 4) is 11.5 Å². The Bertz CT molecular complexity index is 793. The van der Waals surface area contributed by atoms with E-state index in [2.05, 4.69) is 5.48 Å². The highest BCUT2D eigenvalue weighted by molar-refractivity contribution is 6.07. The number of allylic oxidation sites excluding steroid dienone is 1. The molecule has 2 aromatic carbocycles. The highest BCUT2D eigenvalue weighted by Gasteiger charge is 2.25. The van der Waals surface area contributed by atoms with Gasteiger partial charge in [-0.25, -0.2) is 0 Å². The van der Waals surface area contributed by atoms with Crippen LogP contribution in [0.25, 0.3) is 6.08 Å². The van der Waals surface area contributed by atoms with Gasteiger partial charge in [-0.1, -0.05) is 30.3 Å². The van der Waals surface area contributed by atoms with Gasteiger partial charge in [0.05, 0.1) is 5.92 Å². The van der Waals surface area contributed by atoms with Crippen LogP contribution in [0.15, 0.2) is 48.5 Å². The van der Waals surface area contributed by atoms with Gasteiger partial charge < -0.3 is 9.94 Å². The van der Waals surface area contributed by atoms with Gasteiger partial charge in [-0.3, -0.25) is 9.59 Å². The Morgan fingerprint density at radius 3 is 2.70 bits per heavy atom.